The van der Waals surface area contributed by atoms with E-state index in [9.17, 15) is 0 Å². The lowest BCUT2D eigenvalue weighted by molar-refractivity contribution is 0.773. The third-order valence-corrected chi connectivity index (χ3v) is 3.04. The van der Waals surface area contributed by atoms with Crippen LogP contribution in [0.15, 0.2) is 24.5 Å². The van der Waals surface area contributed by atoms with E-state index in [1.54, 1.807) is 10.7 Å². The van der Waals surface area contributed by atoms with Crippen LogP contribution >= 0.6 is 0 Å². The van der Waals surface area contributed by atoms with Crippen molar-refractivity contribution in [1.29, 1.82) is 0 Å². The van der Waals surface area contributed by atoms with Crippen molar-refractivity contribution in [2.75, 3.05) is 5.32 Å². The maximum absolute atomic E-state index is 4.47. The lowest BCUT2D eigenvalue weighted by Gasteiger charge is -2.04. The lowest BCUT2D eigenvalue weighted by atomic mass is 10.3. The number of hydrogen-bond acceptors (Lipinski definition) is 3. The van der Waals surface area contributed by atoms with Crippen LogP contribution in [0.1, 0.15) is 19.8 Å². The van der Waals surface area contributed by atoms with E-state index in [4.69, 9.17) is 0 Å². The van der Waals surface area contributed by atoms with Gasteiger partial charge in [-0.3, -0.25) is 0 Å². The molecule has 1 saturated carbocycles. The van der Waals surface area contributed by atoms with Crippen LogP contribution in [0, 0.1) is 5.92 Å². The molecule has 78 valence electrons. The van der Waals surface area contributed by atoms with Gasteiger partial charge < -0.3 is 5.32 Å². The van der Waals surface area contributed by atoms with Crippen LogP contribution in [0.5, 0.6) is 0 Å². The third-order valence-electron chi connectivity index (χ3n) is 3.04. The molecule has 3 rings (SSSR count). The Hall–Kier alpha value is -1.58. The standard InChI is InChI=1S/C11H14N4/c1-2-8-7-9(8)13-10-4-6-15-11(14-10)3-5-12-15/h3-6,8-9H,2,7H2,1H3,(H,13,14). The van der Waals surface area contributed by atoms with Crippen molar-refractivity contribution < 1.29 is 0 Å². The van der Waals surface area contributed by atoms with E-state index < -0.39 is 0 Å². The van der Waals surface area contributed by atoms with Gasteiger partial charge in [0.1, 0.15) is 5.82 Å². The van der Waals surface area contributed by atoms with E-state index in [2.05, 4.69) is 22.3 Å². The molecule has 1 aliphatic rings. The highest BCUT2D eigenvalue weighted by Crippen LogP contribution is 2.35. The lowest BCUT2D eigenvalue weighted by Crippen LogP contribution is -2.06. The summed E-state index contributed by atoms with van der Waals surface area (Å²) in [5.74, 6) is 1.80. The van der Waals surface area contributed by atoms with E-state index in [0.717, 1.165) is 17.4 Å². The van der Waals surface area contributed by atoms with Gasteiger partial charge >= 0.3 is 0 Å². The number of hydrogen-bond donors (Lipinski definition) is 1. The summed E-state index contributed by atoms with van der Waals surface area (Å²) in [5.41, 5.74) is 0.897. The zero-order valence-electron chi connectivity index (χ0n) is 8.72. The molecule has 0 saturated heterocycles. The SMILES string of the molecule is CCC1CC1Nc1ccn2nccc2n1. The molecule has 2 aromatic rings. The maximum Gasteiger partial charge on any atom is 0.157 e. The Morgan fingerprint density at radius 2 is 2.47 bits per heavy atom. The molecule has 4 nitrogen and oxygen atoms in total. The van der Waals surface area contributed by atoms with Crippen LogP contribution in [0.2, 0.25) is 0 Å². The van der Waals surface area contributed by atoms with Crippen LogP contribution in [-0.2, 0) is 0 Å². The molecule has 0 aromatic carbocycles. The molecule has 0 radical (unpaired) electrons. The van der Waals surface area contributed by atoms with Gasteiger partial charge in [0, 0.05) is 18.3 Å². The van der Waals surface area contributed by atoms with Crippen LogP contribution in [0.4, 0.5) is 5.82 Å². The summed E-state index contributed by atoms with van der Waals surface area (Å²) in [5, 5.41) is 7.56. The van der Waals surface area contributed by atoms with Crippen LogP contribution < -0.4 is 5.32 Å². The molecule has 0 amide bonds. The smallest absolute Gasteiger partial charge is 0.157 e. The molecule has 1 fully saturated rings. The first kappa shape index (κ1) is 8.71. The average molecular weight is 202 g/mol. The van der Waals surface area contributed by atoms with Crippen molar-refractivity contribution in [2.45, 2.75) is 25.8 Å². The van der Waals surface area contributed by atoms with E-state index in [-0.39, 0.29) is 0 Å². The van der Waals surface area contributed by atoms with E-state index in [1.165, 1.54) is 12.8 Å². The molecular weight excluding hydrogens is 188 g/mol. The fourth-order valence-corrected chi connectivity index (χ4v) is 1.96. The van der Waals surface area contributed by atoms with Gasteiger partial charge in [0.05, 0.1) is 6.20 Å². The Morgan fingerprint density at radius 1 is 1.53 bits per heavy atom. The molecule has 4 heteroatoms. The van der Waals surface area contributed by atoms with E-state index >= 15 is 0 Å². The van der Waals surface area contributed by atoms with Crippen molar-refractivity contribution in [3.8, 4) is 0 Å². The van der Waals surface area contributed by atoms with Gasteiger partial charge in [0.25, 0.3) is 0 Å². The minimum atomic E-state index is 0.632. The molecular formula is C11H14N4. The van der Waals surface area contributed by atoms with Crippen molar-refractivity contribution in [3.63, 3.8) is 0 Å². The van der Waals surface area contributed by atoms with Crippen molar-refractivity contribution >= 4 is 11.5 Å². The van der Waals surface area contributed by atoms with Crippen molar-refractivity contribution in [1.82, 2.24) is 14.6 Å². The second-order valence-electron chi connectivity index (χ2n) is 4.10. The normalized spacial score (nSPS) is 24.3. The zero-order valence-corrected chi connectivity index (χ0v) is 8.72. The number of rotatable bonds is 3. The quantitative estimate of drug-likeness (QED) is 0.827. The predicted octanol–water partition coefficient (Wildman–Crippen LogP) is 1.94. The number of fused-ring (bicyclic) bond motifs is 1. The van der Waals surface area contributed by atoms with Gasteiger partial charge in [0.15, 0.2) is 5.65 Å². The van der Waals surface area contributed by atoms with Crippen molar-refractivity contribution in [2.24, 2.45) is 5.92 Å². The molecule has 2 atom stereocenters. The second-order valence-corrected chi connectivity index (χ2v) is 4.10. The Morgan fingerprint density at radius 3 is 3.27 bits per heavy atom. The first-order valence-electron chi connectivity index (χ1n) is 5.44. The average Bonchev–Trinajstić information content (AvgIpc) is 2.84. The van der Waals surface area contributed by atoms with Gasteiger partial charge in [0.2, 0.25) is 0 Å². The molecule has 0 spiro atoms. The Kier molecular flexibility index (Phi) is 1.87. The summed E-state index contributed by atoms with van der Waals surface area (Å²) in [6.45, 7) is 2.24. The fraction of sp³-hybridized carbons (Fsp3) is 0.455. The van der Waals surface area contributed by atoms with Crippen molar-refractivity contribution in [3.05, 3.63) is 24.5 Å². The highest BCUT2D eigenvalue weighted by Gasteiger charge is 2.35. The Bertz CT molecular complexity index is 476. The van der Waals surface area contributed by atoms with Gasteiger partial charge in [-0.25, -0.2) is 9.50 Å². The molecule has 2 unspecified atom stereocenters. The van der Waals surface area contributed by atoms with Crippen LogP contribution in [0.25, 0.3) is 5.65 Å². The first-order valence-corrected chi connectivity index (χ1v) is 5.44. The predicted molar refractivity (Wildman–Crippen MR) is 58.8 cm³/mol. The van der Waals surface area contributed by atoms with Gasteiger partial charge in [-0.15, -0.1) is 0 Å². The summed E-state index contributed by atoms with van der Waals surface area (Å²) in [6, 6.07) is 4.52. The molecule has 0 bridgehead atoms. The number of anilines is 1. The number of nitrogens with one attached hydrogen (secondary N) is 1. The Balaban J connectivity index is 1.80. The molecule has 1 N–H and O–H groups in total. The minimum absolute atomic E-state index is 0.632. The molecule has 0 aliphatic heterocycles. The van der Waals surface area contributed by atoms with Gasteiger partial charge in [-0.05, 0) is 18.4 Å². The second kappa shape index (κ2) is 3.22. The van der Waals surface area contributed by atoms with Gasteiger partial charge in [-0.1, -0.05) is 13.3 Å². The van der Waals surface area contributed by atoms with Gasteiger partial charge in [-0.2, -0.15) is 5.10 Å². The zero-order chi connectivity index (χ0) is 10.3. The number of nitrogens with zero attached hydrogens (tertiary/aromatic N) is 3. The molecule has 2 heterocycles. The molecule has 2 aromatic heterocycles. The number of aromatic nitrogens is 3. The summed E-state index contributed by atoms with van der Waals surface area (Å²) in [4.78, 5) is 4.47. The summed E-state index contributed by atoms with van der Waals surface area (Å²) in [6.07, 6.45) is 6.24. The monoisotopic (exact) mass is 202 g/mol. The minimum Gasteiger partial charge on any atom is -0.367 e. The molecule has 1 aliphatic carbocycles. The summed E-state index contributed by atoms with van der Waals surface area (Å²) in [7, 11) is 0. The highest BCUT2D eigenvalue weighted by molar-refractivity contribution is 5.46. The topological polar surface area (TPSA) is 42.2 Å². The highest BCUT2D eigenvalue weighted by atomic mass is 15.2. The largest absolute Gasteiger partial charge is 0.367 e. The first-order chi connectivity index (χ1) is 7.36. The van der Waals surface area contributed by atoms with E-state index in [0.29, 0.717) is 6.04 Å². The van der Waals surface area contributed by atoms with Crippen LogP contribution in [0.3, 0.4) is 0 Å². The van der Waals surface area contributed by atoms with Crippen LogP contribution in [-0.4, -0.2) is 20.6 Å². The molecule has 15 heavy (non-hydrogen) atoms. The maximum atomic E-state index is 4.47. The Labute approximate surface area is 88.3 Å². The summed E-state index contributed by atoms with van der Waals surface area (Å²) < 4.78 is 1.77. The summed E-state index contributed by atoms with van der Waals surface area (Å²) >= 11 is 0. The third kappa shape index (κ3) is 1.56. The fourth-order valence-electron chi connectivity index (χ4n) is 1.96. The van der Waals surface area contributed by atoms with E-state index in [1.807, 2.05) is 18.3 Å².